The number of nitrogens with one attached hydrogen (secondary N) is 1. The summed E-state index contributed by atoms with van der Waals surface area (Å²) in [6.07, 6.45) is 0.536. The summed E-state index contributed by atoms with van der Waals surface area (Å²) in [5.74, 6) is -1.03. The van der Waals surface area contributed by atoms with Crippen LogP contribution in [0, 0.1) is 6.92 Å². The Bertz CT molecular complexity index is 554. The van der Waals surface area contributed by atoms with Gasteiger partial charge in [0.05, 0.1) is 17.7 Å². The largest absolute Gasteiger partial charge is 0.478 e. The minimum atomic E-state index is -1.03. The van der Waals surface area contributed by atoms with E-state index in [1.54, 1.807) is 26.0 Å². The second kappa shape index (κ2) is 5.13. The van der Waals surface area contributed by atoms with Gasteiger partial charge in [-0.2, -0.15) is 0 Å². The summed E-state index contributed by atoms with van der Waals surface area (Å²) in [7, 11) is 0. The number of carboxylic acids is 1. The van der Waals surface area contributed by atoms with Crippen molar-refractivity contribution < 1.29 is 19.8 Å². The maximum Gasteiger partial charge on any atom is 0.336 e. The first-order valence-corrected chi connectivity index (χ1v) is 6.41. The minimum absolute atomic E-state index is 0.163. The predicted octanol–water partition coefficient (Wildman–Crippen LogP) is 1.68. The zero-order chi connectivity index (χ0) is 14.9. The topological polar surface area (TPSA) is 89.9 Å². The van der Waals surface area contributed by atoms with E-state index in [0.717, 1.165) is 0 Å². The summed E-state index contributed by atoms with van der Waals surface area (Å²) in [4.78, 5) is 24.6. The van der Waals surface area contributed by atoms with Crippen molar-refractivity contribution in [2.45, 2.75) is 25.9 Å². The Morgan fingerprint density at radius 3 is 2.65 bits per heavy atom. The normalized spacial score (nSPS) is 21.9. The molecule has 3 N–H and O–H groups in total. The van der Waals surface area contributed by atoms with Crippen LogP contribution in [0.3, 0.4) is 0 Å². The van der Waals surface area contributed by atoms with Gasteiger partial charge in [-0.05, 0) is 38.0 Å². The number of rotatable bonds is 2. The number of carboxylic acid groups (broad SMARTS) is 1. The van der Waals surface area contributed by atoms with Crippen molar-refractivity contribution in [3.8, 4) is 0 Å². The van der Waals surface area contributed by atoms with Gasteiger partial charge >= 0.3 is 12.0 Å². The number of anilines is 1. The summed E-state index contributed by atoms with van der Waals surface area (Å²) in [6, 6.07) is 4.42. The molecule has 0 saturated carbocycles. The van der Waals surface area contributed by atoms with E-state index in [1.807, 2.05) is 0 Å². The third-order valence-corrected chi connectivity index (χ3v) is 3.46. The molecule has 1 aromatic carbocycles. The number of aromatic carboxylic acids is 1. The zero-order valence-electron chi connectivity index (χ0n) is 11.5. The van der Waals surface area contributed by atoms with Gasteiger partial charge in [0.15, 0.2) is 0 Å². The van der Waals surface area contributed by atoms with Crippen molar-refractivity contribution in [1.29, 1.82) is 0 Å². The molecule has 1 atom stereocenters. The van der Waals surface area contributed by atoms with Gasteiger partial charge in [-0.1, -0.05) is 6.07 Å². The molecule has 6 nitrogen and oxygen atoms in total. The fourth-order valence-electron chi connectivity index (χ4n) is 2.25. The number of amides is 2. The van der Waals surface area contributed by atoms with Crippen LogP contribution >= 0.6 is 0 Å². The molecule has 1 fully saturated rings. The summed E-state index contributed by atoms with van der Waals surface area (Å²) in [5.41, 5.74) is 0.386. The molecular weight excluding hydrogens is 260 g/mol. The monoisotopic (exact) mass is 278 g/mol. The molecule has 1 heterocycles. The number of nitrogens with zero attached hydrogens (tertiary/aromatic N) is 1. The Hall–Kier alpha value is -2.08. The van der Waals surface area contributed by atoms with E-state index in [9.17, 15) is 14.7 Å². The lowest BCUT2D eigenvalue weighted by Crippen LogP contribution is -2.36. The number of benzene rings is 1. The van der Waals surface area contributed by atoms with Gasteiger partial charge in [0, 0.05) is 12.2 Å². The van der Waals surface area contributed by atoms with Crippen molar-refractivity contribution in [3.63, 3.8) is 0 Å². The molecule has 0 aromatic heterocycles. The highest BCUT2D eigenvalue weighted by atomic mass is 16.4. The smallest absolute Gasteiger partial charge is 0.336 e. The Morgan fingerprint density at radius 2 is 2.10 bits per heavy atom. The summed E-state index contributed by atoms with van der Waals surface area (Å²) in [6.45, 7) is 4.15. The highest BCUT2D eigenvalue weighted by Crippen LogP contribution is 2.22. The van der Waals surface area contributed by atoms with Crippen LogP contribution in [0.15, 0.2) is 18.2 Å². The van der Waals surface area contributed by atoms with Gasteiger partial charge in [-0.15, -0.1) is 0 Å². The first-order chi connectivity index (χ1) is 9.28. The Kier molecular flexibility index (Phi) is 3.67. The molecule has 1 aromatic rings. The molecule has 20 heavy (non-hydrogen) atoms. The van der Waals surface area contributed by atoms with Gasteiger partial charge < -0.3 is 20.4 Å². The first-order valence-electron chi connectivity index (χ1n) is 6.41. The third kappa shape index (κ3) is 3.08. The standard InChI is InChI=1S/C14H18N2O4/c1-9-3-4-10(7-11(9)12(17)18)15-13(19)16-6-5-14(2,20)8-16/h3-4,7,20H,5-6,8H2,1-2H3,(H,15,19)(H,17,18). The molecule has 1 aliphatic heterocycles. The second-order valence-electron chi connectivity index (χ2n) is 5.43. The van der Waals surface area contributed by atoms with E-state index >= 15 is 0 Å². The lowest BCUT2D eigenvalue weighted by Gasteiger charge is -2.19. The van der Waals surface area contributed by atoms with Crippen molar-refractivity contribution >= 4 is 17.7 Å². The van der Waals surface area contributed by atoms with Gasteiger partial charge in [-0.3, -0.25) is 0 Å². The predicted molar refractivity (Wildman–Crippen MR) is 74.0 cm³/mol. The van der Waals surface area contributed by atoms with Crippen LogP contribution < -0.4 is 5.32 Å². The molecule has 108 valence electrons. The lowest BCUT2D eigenvalue weighted by atomic mass is 10.1. The highest BCUT2D eigenvalue weighted by molar-refractivity contribution is 5.94. The average molecular weight is 278 g/mol. The van der Waals surface area contributed by atoms with Crippen LogP contribution in [-0.2, 0) is 0 Å². The minimum Gasteiger partial charge on any atom is -0.478 e. The van der Waals surface area contributed by atoms with Gasteiger partial charge in [-0.25, -0.2) is 9.59 Å². The molecule has 1 saturated heterocycles. The molecule has 2 rings (SSSR count). The highest BCUT2D eigenvalue weighted by Gasteiger charge is 2.33. The number of carbonyl (C=O) groups is 2. The second-order valence-corrected chi connectivity index (χ2v) is 5.43. The van der Waals surface area contributed by atoms with E-state index in [4.69, 9.17) is 5.11 Å². The molecule has 1 unspecified atom stereocenters. The molecule has 0 radical (unpaired) electrons. The zero-order valence-corrected chi connectivity index (χ0v) is 11.5. The van der Waals surface area contributed by atoms with E-state index in [0.29, 0.717) is 24.2 Å². The molecule has 0 aliphatic carbocycles. The molecule has 0 spiro atoms. The Morgan fingerprint density at radius 1 is 1.40 bits per heavy atom. The molecular formula is C14H18N2O4. The van der Waals surface area contributed by atoms with Gasteiger partial charge in [0.25, 0.3) is 0 Å². The van der Waals surface area contributed by atoms with Crippen LogP contribution in [-0.4, -0.2) is 45.8 Å². The fourth-order valence-corrected chi connectivity index (χ4v) is 2.25. The van der Waals surface area contributed by atoms with E-state index in [2.05, 4.69) is 5.32 Å². The van der Waals surface area contributed by atoms with Gasteiger partial charge in [0.1, 0.15) is 0 Å². The van der Waals surface area contributed by atoms with E-state index in [-0.39, 0.29) is 18.1 Å². The summed E-state index contributed by atoms with van der Waals surface area (Å²) < 4.78 is 0. The van der Waals surface area contributed by atoms with E-state index in [1.165, 1.54) is 11.0 Å². The number of carbonyl (C=O) groups excluding carboxylic acids is 1. The number of β-amino-alcohol motifs (C(OH)–C–C–N with tert-alkyl or cyclic N) is 1. The fraction of sp³-hybridized carbons (Fsp3) is 0.429. The van der Waals surface area contributed by atoms with Crippen molar-refractivity contribution in [1.82, 2.24) is 4.90 Å². The first kappa shape index (κ1) is 14.3. The van der Waals surface area contributed by atoms with Crippen molar-refractivity contribution in [3.05, 3.63) is 29.3 Å². The Balaban J connectivity index is 2.09. The third-order valence-electron chi connectivity index (χ3n) is 3.46. The maximum atomic E-state index is 12.0. The molecule has 1 aliphatic rings. The van der Waals surface area contributed by atoms with Crippen LogP contribution in [0.25, 0.3) is 0 Å². The molecule has 0 bridgehead atoms. The summed E-state index contributed by atoms with van der Waals surface area (Å²) in [5, 5.41) is 21.5. The number of aryl methyl sites for hydroxylation is 1. The van der Waals surface area contributed by atoms with Crippen LogP contribution in [0.5, 0.6) is 0 Å². The lowest BCUT2D eigenvalue weighted by molar-refractivity contribution is 0.0695. The molecule has 6 heteroatoms. The number of hydrogen-bond donors (Lipinski definition) is 3. The number of aliphatic hydroxyl groups is 1. The summed E-state index contributed by atoms with van der Waals surface area (Å²) >= 11 is 0. The maximum absolute atomic E-state index is 12.0. The number of likely N-dealkylation sites (tertiary alicyclic amines) is 1. The SMILES string of the molecule is Cc1ccc(NC(=O)N2CCC(C)(O)C2)cc1C(=O)O. The Labute approximate surface area is 117 Å². The van der Waals surface area contributed by atoms with Crippen molar-refractivity contribution in [2.75, 3.05) is 18.4 Å². The average Bonchev–Trinajstić information content (AvgIpc) is 2.72. The number of urea groups is 1. The van der Waals surface area contributed by atoms with E-state index < -0.39 is 11.6 Å². The van der Waals surface area contributed by atoms with Crippen molar-refractivity contribution in [2.24, 2.45) is 0 Å². The van der Waals surface area contributed by atoms with Crippen LogP contribution in [0.1, 0.15) is 29.3 Å². The van der Waals surface area contributed by atoms with Crippen LogP contribution in [0.2, 0.25) is 0 Å². The molecule has 2 amide bonds. The number of hydrogen-bond acceptors (Lipinski definition) is 3. The van der Waals surface area contributed by atoms with Crippen LogP contribution in [0.4, 0.5) is 10.5 Å². The quantitative estimate of drug-likeness (QED) is 0.767. The van der Waals surface area contributed by atoms with Gasteiger partial charge in [0.2, 0.25) is 0 Å².